The summed E-state index contributed by atoms with van der Waals surface area (Å²) in [4.78, 5) is 19.9. The molecule has 1 aromatic heterocycles. The summed E-state index contributed by atoms with van der Waals surface area (Å²) >= 11 is 1.47. The van der Waals surface area contributed by atoms with E-state index in [-0.39, 0.29) is 5.56 Å². The van der Waals surface area contributed by atoms with E-state index in [1.54, 1.807) is 12.1 Å². The highest BCUT2D eigenvalue weighted by Crippen LogP contribution is 2.32. The number of nitrogens with zero attached hydrogens (tertiary/aromatic N) is 2. The predicted octanol–water partition coefficient (Wildman–Crippen LogP) is 3.18. The molecule has 0 unspecified atom stereocenters. The zero-order valence-corrected chi connectivity index (χ0v) is 12.3. The Morgan fingerprint density at radius 1 is 1.33 bits per heavy atom. The van der Waals surface area contributed by atoms with Crippen molar-refractivity contribution in [3.63, 3.8) is 0 Å². The Hall–Kier alpha value is -2.08. The summed E-state index contributed by atoms with van der Waals surface area (Å²) < 4.78 is 5.83. The Morgan fingerprint density at radius 2 is 2.19 bits per heavy atom. The first-order valence-electron chi connectivity index (χ1n) is 6.62. The van der Waals surface area contributed by atoms with Crippen LogP contribution in [0.4, 0.5) is 0 Å². The van der Waals surface area contributed by atoms with Gasteiger partial charge in [-0.05, 0) is 43.7 Å². The van der Waals surface area contributed by atoms with Gasteiger partial charge in [-0.15, -0.1) is 0 Å². The summed E-state index contributed by atoms with van der Waals surface area (Å²) in [6.45, 7) is 0. The first kappa shape index (κ1) is 13.9. The molecule has 0 fully saturated rings. The Kier molecular flexibility index (Phi) is 3.79. The van der Waals surface area contributed by atoms with Crippen LogP contribution in [0.3, 0.4) is 0 Å². The van der Waals surface area contributed by atoms with Crippen LogP contribution in [0, 0.1) is 0 Å². The molecule has 1 heterocycles. The second kappa shape index (κ2) is 5.73. The molecular formula is C15H14N2O3S. The highest BCUT2D eigenvalue weighted by atomic mass is 32.2. The van der Waals surface area contributed by atoms with Gasteiger partial charge in [-0.3, -0.25) is 0 Å². The number of aromatic carboxylic acids is 1. The molecule has 0 radical (unpaired) electrons. The number of hydrogen-bond acceptors (Lipinski definition) is 5. The molecule has 0 atom stereocenters. The van der Waals surface area contributed by atoms with Crippen molar-refractivity contribution in [3.05, 3.63) is 41.1 Å². The Bertz CT molecular complexity index is 703. The first-order valence-corrected chi connectivity index (χ1v) is 7.85. The van der Waals surface area contributed by atoms with E-state index in [0.717, 1.165) is 30.5 Å². The van der Waals surface area contributed by atoms with E-state index in [1.165, 1.54) is 23.9 Å². The molecule has 0 bridgehead atoms. The van der Waals surface area contributed by atoms with Crippen molar-refractivity contribution in [2.75, 3.05) is 6.26 Å². The number of benzene rings is 1. The second-order valence-corrected chi connectivity index (χ2v) is 5.50. The Morgan fingerprint density at radius 3 is 2.95 bits per heavy atom. The fourth-order valence-corrected chi connectivity index (χ4v) is 2.73. The van der Waals surface area contributed by atoms with Crippen molar-refractivity contribution in [2.24, 2.45) is 0 Å². The van der Waals surface area contributed by atoms with Crippen LogP contribution in [-0.2, 0) is 12.8 Å². The fourth-order valence-electron chi connectivity index (χ4n) is 2.36. The summed E-state index contributed by atoms with van der Waals surface area (Å²) in [6.07, 6.45) is 4.81. The van der Waals surface area contributed by atoms with Gasteiger partial charge < -0.3 is 9.84 Å². The molecule has 6 heteroatoms. The topological polar surface area (TPSA) is 72.3 Å². The smallest absolute Gasteiger partial charge is 0.335 e. The average molecular weight is 302 g/mol. The summed E-state index contributed by atoms with van der Waals surface area (Å²) in [7, 11) is 0. The van der Waals surface area contributed by atoms with Gasteiger partial charge in [0, 0.05) is 5.56 Å². The molecule has 0 aliphatic heterocycles. The van der Waals surface area contributed by atoms with Gasteiger partial charge in [-0.25, -0.2) is 9.78 Å². The number of carbonyl (C=O) groups is 1. The van der Waals surface area contributed by atoms with Crippen molar-refractivity contribution in [1.82, 2.24) is 9.97 Å². The van der Waals surface area contributed by atoms with E-state index in [4.69, 9.17) is 9.84 Å². The molecule has 1 N–H and O–H groups in total. The van der Waals surface area contributed by atoms with Crippen molar-refractivity contribution in [3.8, 4) is 11.6 Å². The molecule has 108 valence electrons. The number of hydrogen-bond donors (Lipinski definition) is 1. The Labute approximate surface area is 126 Å². The number of ether oxygens (including phenoxy) is 1. The summed E-state index contributed by atoms with van der Waals surface area (Å²) in [5.74, 6) is 0.0531. The largest absolute Gasteiger partial charge is 0.478 e. The molecule has 1 aliphatic rings. The van der Waals surface area contributed by atoms with Crippen molar-refractivity contribution >= 4 is 17.7 Å². The number of fused-ring (bicyclic) bond motifs is 1. The third-order valence-electron chi connectivity index (χ3n) is 3.35. The average Bonchev–Trinajstić information content (AvgIpc) is 2.96. The van der Waals surface area contributed by atoms with Crippen molar-refractivity contribution in [2.45, 2.75) is 24.4 Å². The van der Waals surface area contributed by atoms with Gasteiger partial charge in [0.05, 0.1) is 11.3 Å². The summed E-state index contributed by atoms with van der Waals surface area (Å²) in [6, 6.07) is 6.43. The number of thioether (sulfide) groups is 1. The van der Waals surface area contributed by atoms with Crippen molar-refractivity contribution in [1.29, 1.82) is 0 Å². The van der Waals surface area contributed by atoms with Gasteiger partial charge in [-0.1, -0.05) is 17.8 Å². The van der Waals surface area contributed by atoms with Gasteiger partial charge in [0.15, 0.2) is 5.16 Å². The lowest BCUT2D eigenvalue weighted by atomic mass is 10.2. The molecule has 0 saturated carbocycles. The lowest BCUT2D eigenvalue weighted by Gasteiger charge is -2.10. The minimum absolute atomic E-state index is 0.197. The van der Waals surface area contributed by atoms with Gasteiger partial charge in [0.25, 0.3) is 0 Å². The van der Waals surface area contributed by atoms with Crippen LogP contribution in [0.25, 0.3) is 0 Å². The normalized spacial score (nSPS) is 13.0. The van der Waals surface area contributed by atoms with Gasteiger partial charge in [0.1, 0.15) is 5.75 Å². The third-order valence-corrected chi connectivity index (χ3v) is 3.90. The van der Waals surface area contributed by atoms with E-state index in [0.29, 0.717) is 16.8 Å². The van der Waals surface area contributed by atoms with E-state index >= 15 is 0 Å². The van der Waals surface area contributed by atoms with E-state index < -0.39 is 5.97 Å². The predicted molar refractivity (Wildman–Crippen MR) is 79.3 cm³/mol. The van der Waals surface area contributed by atoms with Crippen LogP contribution in [-0.4, -0.2) is 27.3 Å². The Balaban J connectivity index is 1.96. The molecule has 0 amide bonds. The molecule has 1 aliphatic carbocycles. The highest BCUT2D eigenvalue weighted by Gasteiger charge is 2.21. The van der Waals surface area contributed by atoms with Crippen LogP contribution in [0.15, 0.2) is 29.4 Å². The zero-order chi connectivity index (χ0) is 14.8. The number of aromatic nitrogens is 2. The first-order chi connectivity index (χ1) is 10.2. The number of carboxylic acids is 1. The van der Waals surface area contributed by atoms with Crippen LogP contribution in [0.2, 0.25) is 0 Å². The third kappa shape index (κ3) is 2.85. The summed E-state index contributed by atoms with van der Waals surface area (Å²) in [5, 5.41) is 9.71. The van der Waals surface area contributed by atoms with E-state index in [9.17, 15) is 4.79 Å². The van der Waals surface area contributed by atoms with Crippen LogP contribution < -0.4 is 4.74 Å². The maximum Gasteiger partial charge on any atom is 0.335 e. The SMILES string of the molecule is CSc1nc2c(c(Oc3cccc(C(=O)O)c3)n1)CCC2. The van der Waals surface area contributed by atoms with Crippen LogP contribution >= 0.6 is 11.8 Å². The van der Waals surface area contributed by atoms with Crippen molar-refractivity contribution < 1.29 is 14.6 Å². The molecule has 0 spiro atoms. The maximum atomic E-state index is 11.0. The maximum absolute atomic E-state index is 11.0. The summed E-state index contributed by atoms with van der Waals surface area (Å²) in [5.41, 5.74) is 2.27. The van der Waals surface area contributed by atoms with Gasteiger partial charge in [-0.2, -0.15) is 4.98 Å². The molecule has 5 nitrogen and oxygen atoms in total. The molecule has 21 heavy (non-hydrogen) atoms. The van der Waals surface area contributed by atoms with Crippen LogP contribution in [0.5, 0.6) is 11.6 Å². The molecular weight excluding hydrogens is 288 g/mol. The standard InChI is InChI=1S/C15H14N2O3S/c1-21-15-16-12-7-3-6-11(12)13(17-15)20-10-5-2-4-9(8-10)14(18)19/h2,4-5,8H,3,6-7H2,1H3,(H,18,19). The quantitative estimate of drug-likeness (QED) is 0.691. The molecule has 2 aromatic rings. The molecule has 1 aromatic carbocycles. The lowest BCUT2D eigenvalue weighted by molar-refractivity contribution is 0.0696. The minimum Gasteiger partial charge on any atom is -0.478 e. The van der Waals surface area contributed by atoms with Crippen LogP contribution in [0.1, 0.15) is 28.0 Å². The fraction of sp³-hybridized carbons (Fsp3) is 0.267. The van der Waals surface area contributed by atoms with Gasteiger partial charge in [0.2, 0.25) is 5.88 Å². The minimum atomic E-state index is -0.974. The molecule has 3 rings (SSSR count). The lowest BCUT2D eigenvalue weighted by Crippen LogP contribution is -2.01. The monoisotopic (exact) mass is 302 g/mol. The number of rotatable bonds is 4. The molecule has 0 saturated heterocycles. The number of carboxylic acid groups (broad SMARTS) is 1. The second-order valence-electron chi connectivity index (χ2n) is 4.73. The zero-order valence-electron chi connectivity index (χ0n) is 11.5. The van der Waals surface area contributed by atoms with Gasteiger partial charge >= 0.3 is 5.97 Å². The number of aryl methyl sites for hydroxylation is 1. The van der Waals surface area contributed by atoms with E-state index in [1.807, 2.05) is 6.26 Å². The van der Waals surface area contributed by atoms with E-state index in [2.05, 4.69) is 9.97 Å². The highest BCUT2D eigenvalue weighted by molar-refractivity contribution is 7.98.